The number of hydrogen-bond acceptors (Lipinski definition) is 6. The molecule has 0 radical (unpaired) electrons. The Morgan fingerprint density at radius 1 is 1.20 bits per heavy atom. The van der Waals surface area contributed by atoms with Crippen LogP contribution in [0, 0.1) is 5.92 Å². The third kappa shape index (κ3) is 3.62. The maximum Gasteiger partial charge on any atom is 0.231 e. The molecule has 0 atom stereocenters. The third-order valence-electron chi connectivity index (χ3n) is 4.90. The Hall–Kier alpha value is -1.73. The predicted molar refractivity (Wildman–Crippen MR) is 98.6 cm³/mol. The molecular formula is C18H24N4O2S. The van der Waals surface area contributed by atoms with Crippen molar-refractivity contribution in [3.05, 3.63) is 29.8 Å². The van der Waals surface area contributed by atoms with Crippen LogP contribution in [-0.4, -0.2) is 52.9 Å². The third-order valence-corrected chi connectivity index (χ3v) is 5.45. The van der Waals surface area contributed by atoms with Gasteiger partial charge in [-0.3, -0.25) is 0 Å². The number of rotatable bonds is 5. The highest BCUT2D eigenvalue weighted by Gasteiger charge is 2.21. The second kappa shape index (κ2) is 7.25. The van der Waals surface area contributed by atoms with E-state index >= 15 is 0 Å². The van der Waals surface area contributed by atoms with Crippen molar-refractivity contribution in [1.82, 2.24) is 19.7 Å². The van der Waals surface area contributed by atoms with Crippen molar-refractivity contribution >= 4 is 11.8 Å². The highest BCUT2D eigenvalue weighted by molar-refractivity contribution is 7.97. The van der Waals surface area contributed by atoms with Gasteiger partial charge in [0.25, 0.3) is 0 Å². The molecule has 134 valence electrons. The van der Waals surface area contributed by atoms with Crippen LogP contribution in [0.3, 0.4) is 0 Å². The monoisotopic (exact) mass is 360 g/mol. The Morgan fingerprint density at radius 2 is 2.00 bits per heavy atom. The molecule has 6 nitrogen and oxygen atoms in total. The molecular weight excluding hydrogens is 336 g/mol. The summed E-state index contributed by atoms with van der Waals surface area (Å²) in [5.74, 6) is 5.05. The summed E-state index contributed by atoms with van der Waals surface area (Å²) in [6.07, 6.45) is 5.52. The number of benzene rings is 1. The van der Waals surface area contributed by atoms with Crippen LogP contribution in [0.2, 0.25) is 0 Å². The second-order valence-corrected chi connectivity index (χ2v) is 7.64. The number of ether oxygens (including phenoxy) is 2. The summed E-state index contributed by atoms with van der Waals surface area (Å²) in [6.45, 7) is 2.63. The van der Waals surface area contributed by atoms with Gasteiger partial charge in [0.15, 0.2) is 17.3 Å². The quantitative estimate of drug-likeness (QED) is 0.817. The van der Waals surface area contributed by atoms with Gasteiger partial charge in [-0.15, -0.1) is 0 Å². The number of likely N-dealkylation sites (tertiary alicyclic amines) is 1. The summed E-state index contributed by atoms with van der Waals surface area (Å²) >= 11 is 1.76. The van der Waals surface area contributed by atoms with Gasteiger partial charge in [-0.05, 0) is 57.3 Å². The van der Waals surface area contributed by atoms with E-state index < -0.39 is 0 Å². The molecule has 1 fully saturated rings. The van der Waals surface area contributed by atoms with Crippen LogP contribution >= 0.6 is 11.8 Å². The van der Waals surface area contributed by atoms with Crippen molar-refractivity contribution in [3.63, 3.8) is 0 Å². The van der Waals surface area contributed by atoms with Crippen LogP contribution in [0.1, 0.15) is 24.5 Å². The normalized spacial score (nSPS) is 18.0. The molecule has 2 aliphatic rings. The summed E-state index contributed by atoms with van der Waals surface area (Å²) in [4.78, 5) is 7.23. The van der Waals surface area contributed by atoms with Gasteiger partial charge in [0, 0.05) is 12.5 Å². The minimum absolute atomic E-state index is 0.287. The van der Waals surface area contributed by atoms with Crippen LogP contribution in [-0.2, 0) is 12.2 Å². The lowest BCUT2D eigenvalue weighted by atomic mass is 9.94. The molecule has 0 spiro atoms. The van der Waals surface area contributed by atoms with Crippen molar-refractivity contribution in [1.29, 1.82) is 0 Å². The van der Waals surface area contributed by atoms with Gasteiger partial charge >= 0.3 is 0 Å². The molecule has 0 bridgehead atoms. The molecule has 0 saturated carbocycles. The summed E-state index contributed by atoms with van der Waals surface area (Å²) < 4.78 is 12.9. The zero-order valence-corrected chi connectivity index (χ0v) is 15.6. The standard InChI is InChI=1S/C18H24N4O2S/c1-21-7-5-13(6-8-21)9-17-19-18(11-25-2)22(20-17)14-3-4-15-16(10-14)24-12-23-15/h3-4,10,13H,5-9,11-12H2,1-2H3. The molecule has 7 heteroatoms. The van der Waals surface area contributed by atoms with Crippen LogP contribution in [0.25, 0.3) is 5.69 Å². The van der Waals surface area contributed by atoms with E-state index in [2.05, 4.69) is 18.2 Å². The van der Waals surface area contributed by atoms with Crippen molar-refractivity contribution < 1.29 is 9.47 Å². The number of nitrogens with zero attached hydrogens (tertiary/aromatic N) is 4. The summed E-state index contributed by atoms with van der Waals surface area (Å²) in [6, 6.07) is 5.95. The minimum atomic E-state index is 0.287. The SMILES string of the molecule is CSCc1nc(CC2CCN(C)CC2)nn1-c1ccc2c(c1)OCO2. The lowest BCUT2D eigenvalue weighted by Crippen LogP contribution is -2.31. The highest BCUT2D eigenvalue weighted by Crippen LogP contribution is 2.34. The fourth-order valence-electron chi connectivity index (χ4n) is 3.45. The van der Waals surface area contributed by atoms with Gasteiger partial charge in [-0.25, -0.2) is 9.67 Å². The maximum absolute atomic E-state index is 5.51. The van der Waals surface area contributed by atoms with Crippen LogP contribution in [0.15, 0.2) is 18.2 Å². The largest absolute Gasteiger partial charge is 0.454 e. The molecule has 0 aliphatic carbocycles. The van der Waals surface area contributed by atoms with Gasteiger partial charge in [-0.1, -0.05) is 0 Å². The average molecular weight is 360 g/mol. The van der Waals surface area contributed by atoms with E-state index in [9.17, 15) is 0 Å². The minimum Gasteiger partial charge on any atom is -0.454 e. The molecule has 25 heavy (non-hydrogen) atoms. The Kier molecular flexibility index (Phi) is 4.85. The molecule has 3 heterocycles. The highest BCUT2D eigenvalue weighted by atomic mass is 32.2. The van der Waals surface area contributed by atoms with Gasteiger partial charge in [-0.2, -0.15) is 16.9 Å². The van der Waals surface area contributed by atoms with Gasteiger partial charge < -0.3 is 14.4 Å². The molecule has 0 N–H and O–H groups in total. The van der Waals surface area contributed by atoms with E-state index in [0.717, 1.165) is 41.0 Å². The fourth-order valence-corrected chi connectivity index (χ4v) is 3.89. The first kappa shape index (κ1) is 16.7. The summed E-state index contributed by atoms with van der Waals surface area (Å²) in [5, 5.41) is 4.82. The number of hydrogen-bond donors (Lipinski definition) is 0. The molecule has 0 unspecified atom stereocenters. The molecule has 1 aromatic carbocycles. The van der Waals surface area contributed by atoms with Crippen LogP contribution < -0.4 is 9.47 Å². The predicted octanol–water partition coefficient (Wildman–Crippen LogP) is 2.74. The van der Waals surface area contributed by atoms with E-state index in [1.165, 1.54) is 25.9 Å². The number of fused-ring (bicyclic) bond motifs is 1. The second-order valence-electron chi connectivity index (χ2n) is 6.78. The maximum atomic E-state index is 5.51. The van der Waals surface area contributed by atoms with Gasteiger partial charge in [0.05, 0.1) is 11.4 Å². The first-order chi connectivity index (χ1) is 12.2. The Labute approximate surface area is 152 Å². The van der Waals surface area contributed by atoms with Gasteiger partial charge in [0.1, 0.15) is 5.82 Å². The van der Waals surface area contributed by atoms with Crippen LogP contribution in [0.4, 0.5) is 0 Å². The van der Waals surface area contributed by atoms with E-state index in [1.807, 2.05) is 22.9 Å². The van der Waals surface area contributed by atoms with E-state index in [0.29, 0.717) is 5.92 Å². The zero-order chi connectivity index (χ0) is 17.2. The van der Waals surface area contributed by atoms with Crippen molar-refractivity contribution in [3.8, 4) is 17.2 Å². The van der Waals surface area contributed by atoms with Crippen molar-refractivity contribution in [2.24, 2.45) is 5.92 Å². The topological polar surface area (TPSA) is 52.4 Å². The molecule has 1 saturated heterocycles. The lowest BCUT2D eigenvalue weighted by Gasteiger charge is -2.28. The van der Waals surface area contributed by atoms with Crippen molar-refractivity contribution in [2.45, 2.75) is 25.0 Å². The first-order valence-corrected chi connectivity index (χ1v) is 10.1. The van der Waals surface area contributed by atoms with E-state index in [1.54, 1.807) is 11.8 Å². The Morgan fingerprint density at radius 3 is 2.80 bits per heavy atom. The summed E-state index contributed by atoms with van der Waals surface area (Å²) in [7, 11) is 2.19. The smallest absolute Gasteiger partial charge is 0.231 e. The molecule has 4 rings (SSSR count). The number of piperidine rings is 1. The van der Waals surface area contributed by atoms with E-state index in [4.69, 9.17) is 19.6 Å². The molecule has 2 aliphatic heterocycles. The van der Waals surface area contributed by atoms with Crippen LogP contribution in [0.5, 0.6) is 11.5 Å². The molecule has 1 aromatic heterocycles. The average Bonchev–Trinajstić information content (AvgIpc) is 3.23. The van der Waals surface area contributed by atoms with Crippen molar-refractivity contribution in [2.75, 3.05) is 33.2 Å². The fraction of sp³-hybridized carbons (Fsp3) is 0.556. The Bertz CT molecular complexity index is 741. The Balaban J connectivity index is 1.57. The molecule has 2 aromatic rings. The summed E-state index contributed by atoms with van der Waals surface area (Å²) in [5.41, 5.74) is 0.982. The van der Waals surface area contributed by atoms with E-state index in [-0.39, 0.29) is 6.79 Å². The first-order valence-electron chi connectivity index (χ1n) is 8.75. The molecule has 0 amide bonds. The van der Waals surface area contributed by atoms with Gasteiger partial charge in [0.2, 0.25) is 6.79 Å². The number of aromatic nitrogens is 3. The lowest BCUT2D eigenvalue weighted by molar-refractivity contribution is 0.174. The zero-order valence-electron chi connectivity index (χ0n) is 14.8. The number of thioether (sulfide) groups is 1.